The summed E-state index contributed by atoms with van der Waals surface area (Å²) in [5, 5.41) is 14.1. The van der Waals surface area contributed by atoms with Gasteiger partial charge in [0.2, 0.25) is 5.91 Å². The highest BCUT2D eigenvalue weighted by Crippen LogP contribution is 2.21. The Hall–Kier alpha value is -3.36. The SMILES string of the molecule is C=CC(=O)N1CCC(Nc2ccc3cc(C#N)cnc3c2)C1.CC.Cc1ccccc1Cl. The van der Waals surface area contributed by atoms with Crippen LogP contribution in [0.1, 0.15) is 31.4 Å². The molecular weight excluding hydrogens is 420 g/mol. The van der Waals surface area contributed by atoms with Gasteiger partial charge in [0.1, 0.15) is 6.07 Å². The van der Waals surface area contributed by atoms with Crippen LogP contribution in [-0.4, -0.2) is 34.9 Å². The molecule has 0 aliphatic carbocycles. The zero-order valence-electron chi connectivity index (χ0n) is 18.8. The first kappa shape index (κ1) is 24.9. The molecule has 0 bridgehead atoms. The second-order valence-electron chi connectivity index (χ2n) is 7.11. The van der Waals surface area contributed by atoms with E-state index in [0.29, 0.717) is 12.1 Å². The molecule has 2 aromatic carbocycles. The summed E-state index contributed by atoms with van der Waals surface area (Å²) in [5.41, 5.74) is 3.51. The van der Waals surface area contributed by atoms with Crippen molar-refractivity contribution in [3.63, 3.8) is 0 Å². The molecule has 1 atom stereocenters. The van der Waals surface area contributed by atoms with Gasteiger partial charge in [0, 0.05) is 41.4 Å². The number of carbonyl (C=O) groups excluding carboxylic acids is 1. The molecule has 1 saturated heterocycles. The van der Waals surface area contributed by atoms with E-state index in [1.165, 1.54) is 6.08 Å². The van der Waals surface area contributed by atoms with Crippen LogP contribution in [0.15, 0.2) is 67.4 Å². The van der Waals surface area contributed by atoms with E-state index < -0.39 is 0 Å². The third-order valence-corrected chi connectivity index (χ3v) is 5.36. The average Bonchev–Trinajstić information content (AvgIpc) is 3.30. The lowest BCUT2D eigenvalue weighted by Crippen LogP contribution is -2.30. The van der Waals surface area contributed by atoms with E-state index in [9.17, 15) is 4.79 Å². The van der Waals surface area contributed by atoms with Gasteiger partial charge in [0.25, 0.3) is 0 Å². The largest absolute Gasteiger partial charge is 0.380 e. The molecule has 5 nitrogen and oxygen atoms in total. The minimum Gasteiger partial charge on any atom is -0.380 e. The molecular formula is C26H29ClN4O. The summed E-state index contributed by atoms with van der Waals surface area (Å²) >= 11 is 5.71. The maximum absolute atomic E-state index is 11.6. The lowest BCUT2D eigenvalue weighted by atomic mass is 10.1. The lowest BCUT2D eigenvalue weighted by Gasteiger charge is -2.16. The number of anilines is 1. The van der Waals surface area contributed by atoms with Crippen molar-refractivity contribution >= 4 is 34.1 Å². The van der Waals surface area contributed by atoms with E-state index in [2.05, 4.69) is 22.9 Å². The van der Waals surface area contributed by atoms with Crippen LogP contribution >= 0.6 is 11.6 Å². The smallest absolute Gasteiger partial charge is 0.246 e. The van der Waals surface area contributed by atoms with Crippen LogP contribution in [0.2, 0.25) is 5.02 Å². The molecule has 2 heterocycles. The monoisotopic (exact) mass is 448 g/mol. The van der Waals surface area contributed by atoms with Crippen molar-refractivity contribution in [1.82, 2.24) is 9.88 Å². The molecule has 1 N–H and O–H groups in total. The molecule has 1 aromatic heterocycles. The van der Waals surface area contributed by atoms with E-state index in [1.807, 2.05) is 69.3 Å². The number of rotatable bonds is 3. The van der Waals surface area contributed by atoms with Crippen LogP contribution < -0.4 is 5.32 Å². The van der Waals surface area contributed by atoms with Gasteiger partial charge in [-0.05, 0) is 49.2 Å². The predicted octanol–water partition coefficient (Wildman–Crippen LogP) is 5.98. The topological polar surface area (TPSA) is 69.0 Å². The number of aryl methyl sites for hydroxylation is 1. The van der Waals surface area contributed by atoms with Crippen molar-refractivity contribution in [2.24, 2.45) is 0 Å². The van der Waals surface area contributed by atoms with Gasteiger partial charge in [-0.1, -0.05) is 56.3 Å². The number of halogens is 1. The molecule has 0 spiro atoms. The van der Waals surface area contributed by atoms with Gasteiger partial charge in [0.15, 0.2) is 0 Å². The third-order valence-electron chi connectivity index (χ3n) is 4.94. The molecule has 166 valence electrons. The van der Waals surface area contributed by atoms with Gasteiger partial charge in [-0.15, -0.1) is 0 Å². The summed E-state index contributed by atoms with van der Waals surface area (Å²) in [4.78, 5) is 17.7. The molecule has 1 aliphatic heterocycles. The summed E-state index contributed by atoms with van der Waals surface area (Å²) < 4.78 is 0. The fourth-order valence-electron chi connectivity index (χ4n) is 3.27. The van der Waals surface area contributed by atoms with Crippen molar-refractivity contribution in [3.05, 3.63) is 83.5 Å². The number of nitriles is 1. The summed E-state index contributed by atoms with van der Waals surface area (Å²) in [6.45, 7) is 10.9. The van der Waals surface area contributed by atoms with Gasteiger partial charge in [0.05, 0.1) is 11.1 Å². The molecule has 0 radical (unpaired) electrons. The maximum Gasteiger partial charge on any atom is 0.246 e. The highest BCUT2D eigenvalue weighted by molar-refractivity contribution is 6.31. The highest BCUT2D eigenvalue weighted by atomic mass is 35.5. The predicted molar refractivity (Wildman–Crippen MR) is 133 cm³/mol. The van der Waals surface area contributed by atoms with Gasteiger partial charge >= 0.3 is 0 Å². The Labute approximate surface area is 195 Å². The van der Waals surface area contributed by atoms with E-state index in [4.69, 9.17) is 16.9 Å². The first-order valence-corrected chi connectivity index (χ1v) is 11.1. The zero-order valence-corrected chi connectivity index (χ0v) is 19.6. The minimum absolute atomic E-state index is 0.0199. The first-order chi connectivity index (χ1) is 15.5. The number of likely N-dealkylation sites (tertiary alicyclic amines) is 1. The molecule has 4 rings (SSSR count). The van der Waals surface area contributed by atoms with Crippen molar-refractivity contribution < 1.29 is 4.79 Å². The molecule has 6 heteroatoms. The molecule has 1 amide bonds. The van der Waals surface area contributed by atoms with Crippen LogP contribution in [0.3, 0.4) is 0 Å². The first-order valence-electron chi connectivity index (χ1n) is 10.7. The van der Waals surface area contributed by atoms with Crippen molar-refractivity contribution in [1.29, 1.82) is 5.26 Å². The Bertz CT molecular complexity index is 1090. The van der Waals surface area contributed by atoms with Crippen LogP contribution in [0.4, 0.5) is 5.69 Å². The molecule has 0 saturated carbocycles. The number of pyridine rings is 1. The Morgan fingerprint density at radius 2 is 2.03 bits per heavy atom. The number of amides is 1. The van der Waals surface area contributed by atoms with E-state index in [1.54, 1.807) is 11.1 Å². The fourth-order valence-corrected chi connectivity index (χ4v) is 3.40. The maximum atomic E-state index is 11.6. The van der Waals surface area contributed by atoms with Crippen LogP contribution in [-0.2, 0) is 4.79 Å². The molecule has 3 aromatic rings. The lowest BCUT2D eigenvalue weighted by molar-refractivity contribution is -0.125. The van der Waals surface area contributed by atoms with Crippen LogP contribution in [0, 0.1) is 18.3 Å². The number of nitrogens with one attached hydrogen (secondary N) is 1. The van der Waals surface area contributed by atoms with Crippen LogP contribution in [0.25, 0.3) is 10.9 Å². The molecule has 32 heavy (non-hydrogen) atoms. The van der Waals surface area contributed by atoms with Crippen LogP contribution in [0.5, 0.6) is 0 Å². The molecule has 1 aliphatic rings. The third kappa shape index (κ3) is 6.83. The number of hydrogen-bond acceptors (Lipinski definition) is 4. The molecule has 1 fully saturated rings. The standard InChI is InChI=1S/C17H16N4O.C7H7Cl.C2H6/c1-2-17(22)21-6-5-15(11-21)20-14-4-3-13-7-12(9-18)10-19-16(13)8-14;1-6-4-2-3-5-7(6)8;1-2/h2-4,7-8,10,15,20H,1,5-6,11H2;2-5H,1H3;1-2H3. The number of hydrogen-bond donors (Lipinski definition) is 1. The van der Waals surface area contributed by atoms with E-state index in [0.717, 1.165) is 40.1 Å². The average molecular weight is 449 g/mol. The second kappa shape index (κ2) is 12.5. The van der Waals surface area contributed by atoms with Crippen molar-refractivity contribution in [2.45, 2.75) is 33.2 Å². The Morgan fingerprint density at radius 1 is 1.28 bits per heavy atom. The summed E-state index contributed by atoms with van der Waals surface area (Å²) in [7, 11) is 0. The summed E-state index contributed by atoms with van der Waals surface area (Å²) in [5.74, 6) is -0.0199. The fraction of sp³-hybridized carbons (Fsp3) is 0.269. The van der Waals surface area contributed by atoms with E-state index in [-0.39, 0.29) is 11.9 Å². The van der Waals surface area contributed by atoms with Crippen molar-refractivity contribution in [3.8, 4) is 6.07 Å². The van der Waals surface area contributed by atoms with Gasteiger partial charge < -0.3 is 10.2 Å². The Morgan fingerprint density at radius 3 is 2.66 bits per heavy atom. The molecule has 1 unspecified atom stereocenters. The quantitative estimate of drug-likeness (QED) is 0.500. The number of fused-ring (bicyclic) bond motifs is 1. The highest BCUT2D eigenvalue weighted by Gasteiger charge is 2.24. The Kier molecular flexibility index (Phi) is 9.72. The van der Waals surface area contributed by atoms with E-state index >= 15 is 0 Å². The summed E-state index contributed by atoms with van der Waals surface area (Å²) in [6, 6.07) is 17.8. The Balaban J connectivity index is 0.000000304. The summed E-state index contributed by atoms with van der Waals surface area (Å²) in [6.07, 6.45) is 3.85. The number of nitrogens with zero attached hydrogens (tertiary/aromatic N) is 3. The normalized spacial score (nSPS) is 14.3. The van der Waals surface area contributed by atoms with Gasteiger partial charge in [-0.2, -0.15) is 5.26 Å². The van der Waals surface area contributed by atoms with Gasteiger partial charge in [-0.25, -0.2) is 0 Å². The zero-order chi connectivity index (χ0) is 23.5. The number of aromatic nitrogens is 1. The number of benzene rings is 2. The number of carbonyl (C=O) groups is 1. The minimum atomic E-state index is -0.0199. The van der Waals surface area contributed by atoms with Gasteiger partial charge in [-0.3, -0.25) is 9.78 Å². The second-order valence-corrected chi connectivity index (χ2v) is 7.52. The van der Waals surface area contributed by atoms with Crippen molar-refractivity contribution in [2.75, 3.05) is 18.4 Å².